The molecule has 2 unspecified atom stereocenters. The molecule has 0 spiro atoms. The minimum atomic E-state index is -0.601. The van der Waals surface area contributed by atoms with Crippen molar-refractivity contribution < 1.29 is 19.1 Å². The first kappa shape index (κ1) is 13.6. The number of amides is 2. The van der Waals surface area contributed by atoms with Crippen molar-refractivity contribution in [3.8, 4) is 0 Å². The monoisotopic (exact) mass is 242 g/mol. The lowest BCUT2D eigenvalue weighted by molar-refractivity contribution is -0.141. The normalized spacial score (nSPS) is 21.8. The fourth-order valence-corrected chi connectivity index (χ4v) is 1.73. The molecular weight excluding hydrogens is 224 g/mol. The summed E-state index contributed by atoms with van der Waals surface area (Å²) in [5.74, 6) is -0.896. The number of hydrogen-bond donors (Lipinski definition) is 1. The predicted octanol–water partition coefficient (Wildman–Crippen LogP) is -0.325. The van der Waals surface area contributed by atoms with Gasteiger partial charge in [0.15, 0.2) is 0 Å². The molecule has 1 aliphatic rings. The van der Waals surface area contributed by atoms with Gasteiger partial charge in [-0.05, 0) is 13.3 Å². The molecule has 17 heavy (non-hydrogen) atoms. The zero-order valence-electron chi connectivity index (χ0n) is 10.4. The summed E-state index contributed by atoms with van der Waals surface area (Å²) < 4.78 is 4.46. The third kappa shape index (κ3) is 3.03. The molecule has 0 aliphatic carbocycles. The van der Waals surface area contributed by atoms with Gasteiger partial charge in [-0.2, -0.15) is 0 Å². The minimum absolute atomic E-state index is 0.0610. The van der Waals surface area contributed by atoms with Crippen LogP contribution in [0, 0.1) is 0 Å². The van der Waals surface area contributed by atoms with E-state index < -0.39 is 12.0 Å². The van der Waals surface area contributed by atoms with E-state index in [-0.39, 0.29) is 30.8 Å². The number of nitrogens with zero attached hydrogens (tertiary/aromatic N) is 1. The molecule has 0 bridgehead atoms. The molecule has 0 aromatic heterocycles. The Hall–Kier alpha value is -1.43. The number of esters is 1. The Kier molecular flexibility index (Phi) is 4.62. The number of methoxy groups -OCH3 is 1. The highest BCUT2D eigenvalue weighted by atomic mass is 16.5. The molecule has 1 N–H and O–H groups in total. The van der Waals surface area contributed by atoms with Gasteiger partial charge in [-0.25, -0.2) is 0 Å². The lowest BCUT2D eigenvalue weighted by Gasteiger charge is -2.21. The van der Waals surface area contributed by atoms with Crippen molar-refractivity contribution in [3.63, 3.8) is 0 Å². The maximum atomic E-state index is 11.9. The van der Waals surface area contributed by atoms with E-state index in [2.05, 4.69) is 10.1 Å². The SMILES string of the molecule is CCC(C)N1C(=O)CC(NCC(=O)OC)C1=O. The van der Waals surface area contributed by atoms with Crippen molar-refractivity contribution in [1.29, 1.82) is 0 Å². The summed E-state index contributed by atoms with van der Waals surface area (Å²) in [7, 11) is 1.27. The molecule has 2 amide bonds. The van der Waals surface area contributed by atoms with Crippen LogP contribution in [-0.4, -0.2) is 48.4 Å². The van der Waals surface area contributed by atoms with Crippen LogP contribution in [0.15, 0.2) is 0 Å². The second-order valence-electron chi connectivity index (χ2n) is 4.07. The van der Waals surface area contributed by atoms with Crippen molar-refractivity contribution in [3.05, 3.63) is 0 Å². The summed E-state index contributed by atoms with van der Waals surface area (Å²) in [6.07, 6.45) is 0.835. The van der Waals surface area contributed by atoms with Crippen molar-refractivity contribution in [2.24, 2.45) is 0 Å². The van der Waals surface area contributed by atoms with E-state index in [9.17, 15) is 14.4 Å². The molecule has 0 aromatic rings. The summed E-state index contributed by atoms with van der Waals surface area (Å²) in [5.41, 5.74) is 0. The summed E-state index contributed by atoms with van der Waals surface area (Å²) >= 11 is 0. The molecule has 6 nitrogen and oxygen atoms in total. The zero-order valence-corrected chi connectivity index (χ0v) is 10.4. The van der Waals surface area contributed by atoms with Crippen LogP contribution in [0.1, 0.15) is 26.7 Å². The van der Waals surface area contributed by atoms with Gasteiger partial charge in [-0.3, -0.25) is 24.6 Å². The van der Waals surface area contributed by atoms with Crippen molar-refractivity contribution in [1.82, 2.24) is 10.2 Å². The van der Waals surface area contributed by atoms with E-state index in [1.54, 1.807) is 0 Å². The maximum Gasteiger partial charge on any atom is 0.319 e. The van der Waals surface area contributed by atoms with Gasteiger partial charge in [0.1, 0.15) is 0 Å². The van der Waals surface area contributed by atoms with E-state index in [1.165, 1.54) is 12.0 Å². The van der Waals surface area contributed by atoms with Crippen LogP contribution < -0.4 is 5.32 Å². The minimum Gasteiger partial charge on any atom is -0.468 e. The Labute approximate surface area is 100 Å². The molecular formula is C11H18N2O4. The van der Waals surface area contributed by atoms with E-state index in [1.807, 2.05) is 13.8 Å². The first-order valence-electron chi connectivity index (χ1n) is 5.67. The number of carbonyl (C=O) groups is 3. The Morgan fingerprint density at radius 1 is 1.59 bits per heavy atom. The molecule has 0 saturated carbocycles. The maximum absolute atomic E-state index is 11.9. The Bertz CT molecular complexity index is 329. The Balaban J connectivity index is 2.58. The highest BCUT2D eigenvalue weighted by Crippen LogP contribution is 2.17. The van der Waals surface area contributed by atoms with Gasteiger partial charge in [0.2, 0.25) is 11.8 Å². The Morgan fingerprint density at radius 2 is 2.24 bits per heavy atom. The number of rotatable bonds is 5. The largest absolute Gasteiger partial charge is 0.468 e. The van der Waals surface area contributed by atoms with Crippen LogP contribution in [0.3, 0.4) is 0 Å². The number of carbonyl (C=O) groups excluding carboxylic acids is 3. The molecule has 1 saturated heterocycles. The number of imide groups is 1. The van der Waals surface area contributed by atoms with Crippen LogP contribution in [-0.2, 0) is 19.1 Å². The van der Waals surface area contributed by atoms with Gasteiger partial charge in [0, 0.05) is 6.04 Å². The standard InChI is InChI=1S/C11H18N2O4/c1-4-7(2)13-9(14)5-8(11(13)16)12-6-10(15)17-3/h7-8,12H,4-6H2,1-3H3. The summed E-state index contributed by atoms with van der Waals surface area (Å²) in [6.45, 7) is 3.69. The zero-order chi connectivity index (χ0) is 13.0. The molecule has 0 radical (unpaired) electrons. The molecule has 0 aromatic carbocycles. The third-order valence-corrected chi connectivity index (χ3v) is 2.94. The van der Waals surface area contributed by atoms with Gasteiger partial charge in [-0.1, -0.05) is 6.92 Å². The van der Waals surface area contributed by atoms with Crippen LogP contribution in [0.25, 0.3) is 0 Å². The predicted molar refractivity (Wildman–Crippen MR) is 60.0 cm³/mol. The van der Waals surface area contributed by atoms with Crippen molar-refractivity contribution >= 4 is 17.8 Å². The summed E-state index contributed by atoms with van der Waals surface area (Å²) in [6, 6.07) is -0.699. The average molecular weight is 242 g/mol. The van der Waals surface area contributed by atoms with E-state index in [4.69, 9.17) is 0 Å². The van der Waals surface area contributed by atoms with Gasteiger partial charge in [0.05, 0.1) is 26.1 Å². The third-order valence-electron chi connectivity index (χ3n) is 2.94. The smallest absolute Gasteiger partial charge is 0.319 e. The lowest BCUT2D eigenvalue weighted by atomic mass is 10.2. The van der Waals surface area contributed by atoms with Crippen molar-refractivity contribution in [2.75, 3.05) is 13.7 Å². The van der Waals surface area contributed by atoms with E-state index in [0.717, 1.165) is 6.42 Å². The van der Waals surface area contributed by atoms with Gasteiger partial charge >= 0.3 is 5.97 Å². The highest BCUT2D eigenvalue weighted by Gasteiger charge is 2.40. The van der Waals surface area contributed by atoms with Gasteiger partial charge in [-0.15, -0.1) is 0 Å². The molecule has 96 valence electrons. The van der Waals surface area contributed by atoms with Crippen LogP contribution in [0.4, 0.5) is 0 Å². The number of nitrogens with one attached hydrogen (secondary N) is 1. The van der Waals surface area contributed by atoms with E-state index >= 15 is 0 Å². The first-order valence-corrected chi connectivity index (χ1v) is 5.67. The van der Waals surface area contributed by atoms with E-state index in [0.29, 0.717) is 0 Å². The number of hydrogen-bond acceptors (Lipinski definition) is 5. The molecule has 6 heteroatoms. The Morgan fingerprint density at radius 3 is 2.76 bits per heavy atom. The summed E-state index contributed by atoms with van der Waals surface area (Å²) in [5, 5.41) is 2.73. The fraction of sp³-hybridized carbons (Fsp3) is 0.727. The first-order chi connectivity index (χ1) is 8.01. The molecule has 1 heterocycles. The number of likely N-dealkylation sites (tertiary alicyclic amines) is 1. The van der Waals surface area contributed by atoms with Crippen LogP contribution in [0.2, 0.25) is 0 Å². The van der Waals surface area contributed by atoms with Gasteiger partial charge < -0.3 is 4.74 Å². The second kappa shape index (κ2) is 5.77. The topological polar surface area (TPSA) is 75.7 Å². The number of ether oxygens (including phenoxy) is 1. The fourth-order valence-electron chi connectivity index (χ4n) is 1.73. The van der Waals surface area contributed by atoms with Gasteiger partial charge in [0.25, 0.3) is 0 Å². The molecule has 1 fully saturated rings. The summed E-state index contributed by atoms with van der Waals surface area (Å²) in [4.78, 5) is 35.8. The molecule has 1 rings (SSSR count). The van der Waals surface area contributed by atoms with Crippen LogP contribution >= 0.6 is 0 Å². The highest BCUT2D eigenvalue weighted by molar-refractivity contribution is 6.06. The second-order valence-corrected chi connectivity index (χ2v) is 4.07. The molecule has 1 aliphatic heterocycles. The average Bonchev–Trinajstić information content (AvgIpc) is 2.60. The van der Waals surface area contributed by atoms with Crippen LogP contribution in [0.5, 0.6) is 0 Å². The molecule has 2 atom stereocenters. The lowest BCUT2D eigenvalue weighted by Crippen LogP contribution is -2.44. The van der Waals surface area contributed by atoms with Crippen molar-refractivity contribution in [2.45, 2.75) is 38.8 Å². The quantitative estimate of drug-likeness (QED) is 0.528.